The fourth-order valence-electron chi connectivity index (χ4n) is 2.07. The Balaban J connectivity index is 1.98. The molecule has 1 amide bonds. The zero-order valence-corrected chi connectivity index (χ0v) is 12.0. The highest BCUT2D eigenvalue weighted by atomic mass is 16.2. The van der Waals surface area contributed by atoms with E-state index in [1.54, 1.807) is 28.8 Å². The van der Waals surface area contributed by atoms with E-state index in [4.69, 9.17) is 5.73 Å². The first-order chi connectivity index (χ1) is 9.51. The summed E-state index contributed by atoms with van der Waals surface area (Å²) >= 11 is 0. The second kappa shape index (κ2) is 5.87. The van der Waals surface area contributed by atoms with Gasteiger partial charge in [-0.05, 0) is 6.42 Å². The van der Waals surface area contributed by atoms with E-state index in [0.717, 1.165) is 17.7 Å². The van der Waals surface area contributed by atoms with Crippen LogP contribution in [0.4, 0.5) is 0 Å². The third-order valence-corrected chi connectivity index (χ3v) is 3.15. The van der Waals surface area contributed by atoms with Crippen molar-refractivity contribution < 1.29 is 4.79 Å². The van der Waals surface area contributed by atoms with Crippen LogP contribution in [0, 0.1) is 0 Å². The molecule has 2 aromatic heterocycles. The third-order valence-electron chi connectivity index (χ3n) is 3.15. The second-order valence-corrected chi connectivity index (χ2v) is 4.77. The highest BCUT2D eigenvalue weighted by molar-refractivity contribution is 5.82. The van der Waals surface area contributed by atoms with E-state index in [2.05, 4.69) is 15.5 Å². The van der Waals surface area contributed by atoms with E-state index in [-0.39, 0.29) is 5.91 Å². The Morgan fingerprint density at radius 2 is 2.15 bits per heavy atom. The van der Waals surface area contributed by atoms with E-state index in [1.165, 1.54) is 0 Å². The topological polar surface area (TPSA) is 90.8 Å². The van der Waals surface area contributed by atoms with Crippen molar-refractivity contribution in [3.63, 3.8) is 0 Å². The van der Waals surface area contributed by atoms with Gasteiger partial charge in [-0.25, -0.2) is 0 Å². The van der Waals surface area contributed by atoms with Crippen molar-refractivity contribution in [1.29, 1.82) is 0 Å². The Hall–Kier alpha value is -2.15. The summed E-state index contributed by atoms with van der Waals surface area (Å²) in [5.74, 6) is -0.219. The Labute approximate surface area is 117 Å². The predicted octanol–water partition coefficient (Wildman–Crippen LogP) is 0.0322. The van der Waals surface area contributed by atoms with Gasteiger partial charge in [-0.15, -0.1) is 0 Å². The molecule has 0 aliphatic carbocycles. The highest BCUT2D eigenvalue weighted by Gasteiger charge is 2.17. The molecule has 108 valence electrons. The number of hydrogen-bond acceptors (Lipinski definition) is 4. The van der Waals surface area contributed by atoms with Crippen molar-refractivity contribution in [3.8, 4) is 0 Å². The van der Waals surface area contributed by atoms with E-state index < -0.39 is 6.04 Å². The molecule has 0 spiro atoms. The Morgan fingerprint density at radius 1 is 1.40 bits per heavy atom. The fourth-order valence-corrected chi connectivity index (χ4v) is 2.07. The van der Waals surface area contributed by atoms with Crippen molar-refractivity contribution in [2.24, 2.45) is 19.8 Å². The molecule has 0 saturated heterocycles. The summed E-state index contributed by atoms with van der Waals surface area (Å²) in [5, 5.41) is 11.2. The van der Waals surface area contributed by atoms with Crippen molar-refractivity contribution >= 4 is 5.91 Å². The summed E-state index contributed by atoms with van der Waals surface area (Å²) in [6, 6.07) is -0.703. The second-order valence-electron chi connectivity index (χ2n) is 4.77. The number of amides is 1. The van der Waals surface area contributed by atoms with Gasteiger partial charge in [-0.3, -0.25) is 14.2 Å². The number of aryl methyl sites for hydroxylation is 3. The first-order valence-electron chi connectivity index (χ1n) is 6.54. The van der Waals surface area contributed by atoms with Crippen LogP contribution >= 0.6 is 0 Å². The minimum atomic E-state index is -0.703. The van der Waals surface area contributed by atoms with Crippen LogP contribution in [-0.4, -0.2) is 25.5 Å². The molecule has 0 bridgehead atoms. The van der Waals surface area contributed by atoms with Crippen molar-refractivity contribution in [1.82, 2.24) is 24.9 Å². The molecule has 0 aromatic carbocycles. The summed E-state index contributed by atoms with van der Waals surface area (Å²) in [6.07, 6.45) is 6.09. The number of nitrogens with zero attached hydrogens (tertiary/aromatic N) is 4. The maximum atomic E-state index is 12.0. The van der Waals surface area contributed by atoms with Gasteiger partial charge in [0.15, 0.2) is 0 Å². The Bertz CT molecular complexity index is 600. The average molecular weight is 276 g/mol. The van der Waals surface area contributed by atoms with Gasteiger partial charge in [0.2, 0.25) is 5.91 Å². The lowest BCUT2D eigenvalue weighted by atomic mass is 10.1. The normalized spacial score (nSPS) is 12.4. The predicted molar refractivity (Wildman–Crippen MR) is 74.6 cm³/mol. The summed E-state index contributed by atoms with van der Waals surface area (Å²) < 4.78 is 3.38. The summed E-state index contributed by atoms with van der Waals surface area (Å²) in [7, 11) is 3.66. The number of nitrogens with one attached hydrogen (secondary N) is 1. The molecule has 0 aliphatic heterocycles. The zero-order chi connectivity index (χ0) is 14.7. The fraction of sp³-hybridized carbons (Fsp3) is 0.462. The van der Waals surface area contributed by atoms with Crippen LogP contribution in [0.2, 0.25) is 0 Å². The Kier molecular flexibility index (Phi) is 4.19. The maximum absolute atomic E-state index is 12.0. The van der Waals surface area contributed by atoms with Crippen molar-refractivity contribution in [2.75, 3.05) is 0 Å². The summed E-state index contributed by atoms with van der Waals surface area (Å²) in [5.41, 5.74) is 8.61. The molecule has 20 heavy (non-hydrogen) atoms. The maximum Gasteiger partial charge on any atom is 0.241 e. The van der Waals surface area contributed by atoms with Crippen LogP contribution in [0.1, 0.15) is 29.8 Å². The average Bonchev–Trinajstić information content (AvgIpc) is 3.00. The number of aromatic nitrogens is 4. The van der Waals surface area contributed by atoms with Gasteiger partial charge in [0.25, 0.3) is 0 Å². The van der Waals surface area contributed by atoms with Crippen LogP contribution in [0.3, 0.4) is 0 Å². The van der Waals surface area contributed by atoms with Crippen molar-refractivity contribution in [3.05, 3.63) is 35.4 Å². The largest absolute Gasteiger partial charge is 0.350 e. The molecule has 0 fully saturated rings. The van der Waals surface area contributed by atoms with Gasteiger partial charge < -0.3 is 11.1 Å². The third kappa shape index (κ3) is 3.05. The van der Waals surface area contributed by atoms with Gasteiger partial charge in [-0.2, -0.15) is 10.2 Å². The van der Waals surface area contributed by atoms with Crippen LogP contribution in [0.15, 0.2) is 18.6 Å². The number of hydrogen-bond donors (Lipinski definition) is 2. The number of nitrogens with two attached hydrogens (primary N) is 1. The van der Waals surface area contributed by atoms with Gasteiger partial charge in [0.05, 0.1) is 11.9 Å². The van der Waals surface area contributed by atoms with Crippen LogP contribution in [0.5, 0.6) is 0 Å². The number of carbonyl (C=O) groups is 1. The number of carbonyl (C=O) groups excluding carboxylic acids is 1. The molecule has 0 saturated carbocycles. The highest BCUT2D eigenvalue weighted by Crippen LogP contribution is 2.10. The lowest BCUT2D eigenvalue weighted by Gasteiger charge is -2.10. The van der Waals surface area contributed by atoms with Gasteiger partial charge in [0.1, 0.15) is 6.04 Å². The van der Waals surface area contributed by atoms with Crippen LogP contribution < -0.4 is 11.1 Å². The quantitative estimate of drug-likeness (QED) is 0.806. The molecule has 0 radical (unpaired) electrons. The minimum absolute atomic E-state index is 0.219. The monoisotopic (exact) mass is 276 g/mol. The van der Waals surface area contributed by atoms with Gasteiger partial charge in [-0.1, -0.05) is 6.92 Å². The molecule has 2 heterocycles. The molecule has 1 unspecified atom stereocenters. The zero-order valence-electron chi connectivity index (χ0n) is 12.0. The van der Waals surface area contributed by atoms with Crippen LogP contribution in [-0.2, 0) is 31.9 Å². The lowest BCUT2D eigenvalue weighted by molar-refractivity contribution is -0.122. The smallest absolute Gasteiger partial charge is 0.241 e. The Morgan fingerprint density at radius 3 is 2.75 bits per heavy atom. The summed E-state index contributed by atoms with van der Waals surface area (Å²) in [4.78, 5) is 12.0. The van der Waals surface area contributed by atoms with E-state index >= 15 is 0 Å². The molecule has 3 N–H and O–H groups in total. The van der Waals surface area contributed by atoms with Crippen molar-refractivity contribution in [2.45, 2.75) is 25.9 Å². The standard InChI is InChI=1S/C13H20N6O/c1-4-11-9(7-19(3)17-11)5-15-13(20)12(14)10-6-16-18(2)8-10/h6-8,12H,4-5,14H2,1-3H3,(H,15,20). The van der Waals surface area contributed by atoms with Crippen LogP contribution in [0.25, 0.3) is 0 Å². The first-order valence-corrected chi connectivity index (χ1v) is 6.54. The molecular formula is C13H20N6O. The van der Waals surface area contributed by atoms with E-state index in [9.17, 15) is 4.79 Å². The lowest BCUT2D eigenvalue weighted by Crippen LogP contribution is -2.33. The summed E-state index contributed by atoms with van der Waals surface area (Å²) in [6.45, 7) is 2.47. The van der Waals surface area contributed by atoms with E-state index in [0.29, 0.717) is 12.1 Å². The molecule has 2 rings (SSSR count). The van der Waals surface area contributed by atoms with Gasteiger partial charge >= 0.3 is 0 Å². The molecule has 7 nitrogen and oxygen atoms in total. The van der Waals surface area contributed by atoms with E-state index in [1.807, 2.05) is 20.2 Å². The molecular weight excluding hydrogens is 256 g/mol. The number of rotatable bonds is 5. The SMILES string of the molecule is CCc1nn(C)cc1CNC(=O)C(N)c1cnn(C)c1. The first kappa shape index (κ1) is 14.3. The molecule has 7 heteroatoms. The minimum Gasteiger partial charge on any atom is -0.350 e. The van der Waals surface area contributed by atoms with Gasteiger partial charge in [0, 0.05) is 44.2 Å². The molecule has 0 aliphatic rings. The molecule has 2 aromatic rings. The molecule has 1 atom stereocenters.